The molecule has 0 bridgehead atoms. The van der Waals surface area contributed by atoms with Crippen LogP contribution >= 0.6 is 0 Å². The van der Waals surface area contributed by atoms with Gasteiger partial charge in [-0.1, -0.05) is 0 Å². The van der Waals surface area contributed by atoms with Crippen LogP contribution in [0.2, 0.25) is 0 Å². The zero-order valence-electron chi connectivity index (χ0n) is 29.6. The number of carbonyl (C=O) groups excluding carboxylic acids is 2. The Morgan fingerprint density at radius 2 is 0.382 bits per heavy atom. The Morgan fingerprint density at radius 1 is 0.265 bits per heavy atom. The van der Waals surface area contributed by atoms with Gasteiger partial charge in [0.1, 0.15) is 0 Å². The van der Waals surface area contributed by atoms with Gasteiger partial charge in [-0.15, -0.1) is 0 Å². The van der Waals surface area contributed by atoms with E-state index in [-0.39, 0.29) is 53.2 Å². The first-order valence-electron chi connectivity index (χ1n) is 13.3. The minimum atomic E-state index is -7.16. The van der Waals surface area contributed by atoms with Crippen LogP contribution in [0, 0.1) is 0 Å². The Hall–Kier alpha value is -3.39. The number of hydrogen-bond donors (Lipinski definition) is 2. The summed E-state index contributed by atoms with van der Waals surface area (Å²) in [6.45, 7) is 0. The van der Waals surface area contributed by atoms with E-state index in [0.29, 0.717) is 0 Å². The molecule has 0 fully saturated rings. The summed E-state index contributed by atoms with van der Waals surface area (Å²) in [4.78, 5) is 39.2. The third-order valence-corrected chi connectivity index (χ3v) is 6.00. The molecule has 0 heterocycles. The molecular formula is C22H8F36O8Rh2. The second-order valence-corrected chi connectivity index (χ2v) is 10.5. The van der Waals surface area contributed by atoms with Crippen molar-refractivity contribution < 1.29 is 236 Å². The van der Waals surface area contributed by atoms with Crippen molar-refractivity contribution in [2.24, 2.45) is 0 Å². The van der Waals surface area contributed by atoms with E-state index in [2.05, 4.69) is 9.47 Å². The number of esters is 2. The van der Waals surface area contributed by atoms with Gasteiger partial charge in [0.05, 0.1) is 14.2 Å². The van der Waals surface area contributed by atoms with E-state index in [1.807, 2.05) is 0 Å². The molecule has 0 aliphatic heterocycles. The normalized spacial score (nSPS) is 14.4. The van der Waals surface area contributed by atoms with Gasteiger partial charge in [0.15, 0.2) is 0 Å². The van der Waals surface area contributed by atoms with Crippen molar-refractivity contribution >= 4 is 23.9 Å². The van der Waals surface area contributed by atoms with Crippen LogP contribution in [0.4, 0.5) is 158 Å². The van der Waals surface area contributed by atoms with Crippen LogP contribution in [-0.4, -0.2) is 144 Å². The number of aliphatic carboxylic acids is 2. The van der Waals surface area contributed by atoms with Gasteiger partial charge in [0.2, 0.25) is 0 Å². The molecule has 0 amide bonds. The molecule has 0 saturated heterocycles. The standard InChI is InChI=1S/2C6H3F9O2.2C5HF9O2.2Rh/c2*1-17-2(16)3(7,8)4(9,10)5(11,12)6(13,14)15;2*6-2(7,1(15)16)3(8,9)4(10,11)5(12,13)14;;/h2*1H3;2*(H,15,16);;. The van der Waals surface area contributed by atoms with Gasteiger partial charge in [-0.3, -0.25) is 0 Å². The molecule has 46 heteroatoms. The summed E-state index contributed by atoms with van der Waals surface area (Å²) in [7, 11) is 0.246. The molecule has 2 N–H and O–H groups in total. The zero-order chi connectivity index (χ0) is 55.7. The van der Waals surface area contributed by atoms with E-state index >= 15 is 0 Å². The third-order valence-electron chi connectivity index (χ3n) is 6.00. The van der Waals surface area contributed by atoms with Crippen molar-refractivity contribution in [3.05, 3.63) is 0 Å². The van der Waals surface area contributed by atoms with Crippen LogP contribution in [-0.2, 0) is 67.6 Å². The number of methoxy groups -OCH3 is 2. The van der Waals surface area contributed by atoms with Gasteiger partial charge in [-0.2, -0.15) is 158 Å². The molecule has 0 aliphatic rings. The maximum absolute atomic E-state index is 12.4. The van der Waals surface area contributed by atoms with Crippen molar-refractivity contribution in [1.82, 2.24) is 0 Å². The van der Waals surface area contributed by atoms with E-state index in [1.54, 1.807) is 0 Å². The Morgan fingerprint density at radius 3 is 0.471 bits per heavy atom. The molecule has 68 heavy (non-hydrogen) atoms. The Balaban J connectivity index is -0.000000187. The molecule has 0 saturated carbocycles. The van der Waals surface area contributed by atoms with E-state index in [1.165, 1.54) is 0 Å². The second-order valence-electron chi connectivity index (χ2n) is 10.5. The minimum absolute atomic E-state index is 0. The van der Waals surface area contributed by atoms with Crippen LogP contribution in [0.1, 0.15) is 0 Å². The van der Waals surface area contributed by atoms with E-state index < -0.39 is 120 Å². The second kappa shape index (κ2) is 21.9. The van der Waals surface area contributed by atoms with Gasteiger partial charge >= 0.3 is 120 Å². The van der Waals surface area contributed by atoms with E-state index in [4.69, 9.17) is 10.2 Å². The summed E-state index contributed by atoms with van der Waals surface area (Å²) in [6, 6.07) is 0. The molecule has 0 atom stereocenters. The fourth-order valence-corrected chi connectivity index (χ4v) is 2.28. The van der Waals surface area contributed by atoms with Gasteiger partial charge in [-0.25, -0.2) is 19.2 Å². The molecule has 0 aromatic carbocycles. The first-order valence-corrected chi connectivity index (χ1v) is 13.3. The third kappa shape index (κ3) is 13.5. The summed E-state index contributed by atoms with van der Waals surface area (Å²) >= 11 is 0. The number of alkyl halides is 36. The fourth-order valence-electron chi connectivity index (χ4n) is 2.28. The van der Waals surface area contributed by atoms with Crippen LogP contribution in [0.5, 0.6) is 0 Å². The van der Waals surface area contributed by atoms with Crippen molar-refractivity contribution in [2.45, 2.75) is 95.8 Å². The monoisotopic (exact) mass is 1290 g/mol. The molecule has 8 nitrogen and oxygen atoms in total. The Labute approximate surface area is 370 Å². The average molecular weight is 1290 g/mol. The van der Waals surface area contributed by atoms with Crippen molar-refractivity contribution in [2.75, 3.05) is 14.2 Å². The molecule has 414 valence electrons. The van der Waals surface area contributed by atoms with Crippen molar-refractivity contribution in [1.29, 1.82) is 0 Å². The van der Waals surface area contributed by atoms with Gasteiger partial charge in [-0.05, 0) is 0 Å². The molecule has 0 unspecified atom stereocenters. The predicted molar refractivity (Wildman–Crippen MR) is 123 cm³/mol. The van der Waals surface area contributed by atoms with Crippen molar-refractivity contribution in [3.63, 3.8) is 0 Å². The van der Waals surface area contributed by atoms with Crippen LogP contribution < -0.4 is 0 Å². The van der Waals surface area contributed by atoms with Crippen LogP contribution in [0.3, 0.4) is 0 Å². The molecular weight excluding hydrogens is 1280 g/mol. The topological polar surface area (TPSA) is 127 Å². The number of carboxylic acids is 2. The number of carbonyl (C=O) groups is 4. The maximum Gasteiger partial charge on any atom is 0.460 e. The van der Waals surface area contributed by atoms with Gasteiger partial charge in [0.25, 0.3) is 0 Å². The number of carboxylic acid groups (broad SMARTS) is 2. The largest absolute Gasteiger partial charge is 0.477 e. The van der Waals surface area contributed by atoms with E-state index in [9.17, 15) is 177 Å². The summed E-state index contributed by atoms with van der Waals surface area (Å²) in [5, 5.41) is 15.0. The fraction of sp³-hybridized carbons (Fsp3) is 0.818. The first-order chi connectivity index (χ1) is 27.8. The molecule has 0 rings (SSSR count). The Bertz CT molecular complexity index is 1570. The number of ether oxygens (including phenoxy) is 2. The number of halogens is 36. The van der Waals surface area contributed by atoms with Crippen LogP contribution in [0.25, 0.3) is 0 Å². The number of hydrogen-bond acceptors (Lipinski definition) is 6. The minimum Gasteiger partial charge on any atom is -0.477 e. The first kappa shape index (κ1) is 76.1. The summed E-state index contributed by atoms with van der Waals surface area (Å²) < 4.78 is 435. The van der Waals surface area contributed by atoms with E-state index in [0.717, 1.165) is 0 Å². The molecule has 0 spiro atoms. The maximum atomic E-state index is 12.4. The SMILES string of the molecule is COC(=O)C(F)(F)C(F)(F)C(F)(F)C(F)(F)F.COC(=O)C(F)(F)C(F)(F)C(F)(F)C(F)(F)F.O=C(O)C(F)(F)C(F)(F)C(F)(F)C(F)(F)F.O=C(O)C(F)(F)C(F)(F)C(F)(F)C(F)(F)F.[Rh].[Rh]. The smallest absolute Gasteiger partial charge is 0.460 e. The van der Waals surface area contributed by atoms with Gasteiger partial charge < -0.3 is 19.7 Å². The molecule has 0 aromatic heterocycles. The quantitative estimate of drug-likeness (QED) is 0.112. The Kier molecular flexibility index (Phi) is 24.6. The zero-order valence-corrected chi connectivity index (χ0v) is 32.9. The summed E-state index contributed by atoms with van der Waals surface area (Å²) in [5.74, 6) is -96.3. The summed E-state index contributed by atoms with van der Waals surface area (Å²) in [5.41, 5.74) is 0. The average Bonchev–Trinajstić information content (AvgIpc) is 3.08. The number of rotatable bonds is 12. The molecule has 0 aliphatic carbocycles. The predicted octanol–water partition coefficient (Wildman–Crippen LogP) is 10.3. The molecule has 0 aromatic rings. The van der Waals surface area contributed by atoms with Gasteiger partial charge in [0, 0.05) is 39.0 Å². The molecule has 2 radical (unpaired) electrons. The summed E-state index contributed by atoms with van der Waals surface area (Å²) in [6.07, 6.45) is -27.9. The van der Waals surface area contributed by atoms with Crippen LogP contribution in [0.15, 0.2) is 0 Å². The van der Waals surface area contributed by atoms with Crippen molar-refractivity contribution in [3.8, 4) is 0 Å².